The summed E-state index contributed by atoms with van der Waals surface area (Å²) in [4.78, 5) is 13.1. The number of aliphatic hydroxyl groups is 1. The Kier molecular flexibility index (Phi) is 5.61. The van der Waals surface area contributed by atoms with Crippen molar-refractivity contribution in [1.29, 1.82) is 0 Å². The van der Waals surface area contributed by atoms with Gasteiger partial charge in [-0.1, -0.05) is 29.8 Å². The highest BCUT2D eigenvalue weighted by atomic mass is 35.5. The minimum Gasteiger partial charge on any atom is -0.388 e. The Hall–Kier alpha value is -1.34. The van der Waals surface area contributed by atoms with Crippen LogP contribution in [0.15, 0.2) is 33.6 Å². The van der Waals surface area contributed by atoms with E-state index in [-0.39, 0.29) is 5.91 Å². The van der Waals surface area contributed by atoms with E-state index in [0.29, 0.717) is 9.90 Å². The Morgan fingerprint density at radius 2 is 2.29 bits per heavy atom. The van der Waals surface area contributed by atoms with E-state index in [0.717, 1.165) is 40.2 Å². The Morgan fingerprint density at radius 1 is 1.50 bits per heavy atom. The lowest BCUT2D eigenvalue weighted by atomic mass is 9.91. The number of fused-ring (bicyclic) bond motifs is 1. The van der Waals surface area contributed by atoms with Gasteiger partial charge in [0.2, 0.25) is 0 Å². The summed E-state index contributed by atoms with van der Waals surface area (Å²) in [7, 11) is 0. The highest BCUT2D eigenvalue weighted by molar-refractivity contribution is 8.00. The summed E-state index contributed by atoms with van der Waals surface area (Å²) < 4.78 is 1.01. The molecule has 2 aromatic rings. The first kappa shape index (κ1) is 17.5. The standard InChI is InChI=1S/C17H17ClN2O2S2/c1-23-17-14-11(6-4-8-13(14)21)15(24-17)16(22)20-19-9-10-5-2-3-7-12(10)18/h2-3,5,7,9,13,21H,4,6,8H2,1H3,(H,20,22)/b19-9-/t13-/m0/s1. The Bertz CT molecular complexity index is 789. The zero-order chi connectivity index (χ0) is 17.1. The van der Waals surface area contributed by atoms with Crippen molar-refractivity contribution >= 4 is 46.8 Å². The zero-order valence-corrected chi connectivity index (χ0v) is 15.5. The summed E-state index contributed by atoms with van der Waals surface area (Å²) >= 11 is 9.06. The summed E-state index contributed by atoms with van der Waals surface area (Å²) in [6.45, 7) is 0. The maximum Gasteiger partial charge on any atom is 0.281 e. The third kappa shape index (κ3) is 3.52. The maximum atomic E-state index is 12.5. The van der Waals surface area contributed by atoms with E-state index in [9.17, 15) is 9.90 Å². The second-order valence-corrected chi connectivity index (χ2v) is 7.95. The van der Waals surface area contributed by atoms with Crippen molar-refractivity contribution in [1.82, 2.24) is 5.43 Å². The van der Waals surface area contributed by atoms with Crippen LogP contribution in [0.1, 0.15) is 45.3 Å². The molecule has 0 saturated carbocycles. The third-order valence-electron chi connectivity index (χ3n) is 3.92. The summed E-state index contributed by atoms with van der Waals surface area (Å²) in [6, 6.07) is 7.29. The molecule has 24 heavy (non-hydrogen) atoms. The molecule has 0 radical (unpaired) electrons. The van der Waals surface area contributed by atoms with Crippen LogP contribution in [-0.2, 0) is 6.42 Å². The minimum absolute atomic E-state index is 0.242. The second-order valence-electron chi connectivity index (χ2n) is 5.44. The fourth-order valence-corrected chi connectivity index (χ4v) is 5.06. The van der Waals surface area contributed by atoms with E-state index < -0.39 is 6.10 Å². The number of nitrogens with zero attached hydrogens (tertiary/aromatic N) is 1. The first-order chi connectivity index (χ1) is 11.6. The number of carbonyl (C=O) groups excluding carboxylic acids is 1. The van der Waals surface area contributed by atoms with Gasteiger partial charge in [0.05, 0.1) is 21.4 Å². The first-order valence-corrected chi connectivity index (χ1v) is 9.99. The van der Waals surface area contributed by atoms with Crippen LogP contribution >= 0.6 is 34.7 Å². The topological polar surface area (TPSA) is 61.7 Å². The predicted molar refractivity (Wildman–Crippen MR) is 101 cm³/mol. The number of benzene rings is 1. The molecule has 0 spiro atoms. The van der Waals surface area contributed by atoms with Gasteiger partial charge in [0.15, 0.2) is 0 Å². The van der Waals surface area contributed by atoms with Gasteiger partial charge in [-0.2, -0.15) is 5.10 Å². The average Bonchev–Trinajstić information content (AvgIpc) is 2.97. The molecular weight excluding hydrogens is 364 g/mol. The number of aliphatic hydroxyl groups excluding tert-OH is 1. The number of carbonyl (C=O) groups is 1. The molecule has 3 rings (SSSR count). The zero-order valence-electron chi connectivity index (χ0n) is 13.1. The van der Waals surface area contributed by atoms with Gasteiger partial charge in [-0.15, -0.1) is 23.1 Å². The molecule has 1 heterocycles. The number of hydrogen-bond acceptors (Lipinski definition) is 5. The number of halogens is 1. The van der Waals surface area contributed by atoms with Gasteiger partial charge in [-0.3, -0.25) is 4.79 Å². The summed E-state index contributed by atoms with van der Waals surface area (Å²) in [5, 5.41) is 14.8. The predicted octanol–water partition coefficient (Wildman–Crippen LogP) is 4.26. The van der Waals surface area contributed by atoms with Crippen LogP contribution in [-0.4, -0.2) is 23.5 Å². The van der Waals surface area contributed by atoms with Gasteiger partial charge in [0, 0.05) is 16.1 Å². The first-order valence-electron chi connectivity index (χ1n) is 7.57. The highest BCUT2D eigenvalue weighted by Gasteiger charge is 2.29. The van der Waals surface area contributed by atoms with E-state index in [1.807, 2.05) is 24.5 Å². The highest BCUT2D eigenvalue weighted by Crippen LogP contribution is 2.43. The fourth-order valence-electron chi connectivity index (χ4n) is 2.78. The second kappa shape index (κ2) is 7.70. The van der Waals surface area contributed by atoms with Gasteiger partial charge < -0.3 is 5.11 Å². The van der Waals surface area contributed by atoms with E-state index in [1.165, 1.54) is 17.6 Å². The van der Waals surface area contributed by atoms with Crippen molar-refractivity contribution in [2.45, 2.75) is 29.6 Å². The molecule has 0 aliphatic heterocycles. The lowest BCUT2D eigenvalue weighted by Gasteiger charge is -2.19. The molecule has 126 valence electrons. The van der Waals surface area contributed by atoms with Crippen LogP contribution in [0.2, 0.25) is 5.02 Å². The molecule has 1 atom stereocenters. The summed E-state index contributed by atoms with van der Waals surface area (Å²) in [5.41, 5.74) is 5.21. The maximum absolute atomic E-state index is 12.5. The lowest BCUT2D eigenvalue weighted by molar-refractivity contribution is 0.0957. The van der Waals surface area contributed by atoms with E-state index in [4.69, 9.17) is 11.6 Å². The van der Waals surface area contributed by atoms with Gasteiger partial charge in [0.25, 0.3) is 5.91 Å². The quantitative estimate of drug-likeness (QED) is 0.473. The molecular formula is C17H17ClN2O2S2. The molecule has 1 aromatic carbocycles. The number of amides is 1. The largest absolute Gasteiger partial charge is 0.388 e. The van der Waals surface area contributed by atoms with Crippen LogP contribution < -0.4 is 5.43 Å². The molecule has 1 aliphatic rings. The molecule has 1 aliphatic carbocycles. The Morgan fingerprint density at radius 3 is 3.04 bits per heavy atom. The fraction of sp³-hybridized carbons (Fsp3) is 0.294. The lowest BCUT2D eigenvalue weighted by Crippen LogP contribution is -2.19. The number of rotatable bonds is 4. The minimum atomic E-state index is -0.472. The van der Waals surface area contributed by atoms with Crippen molar-refractivity contribution in [3.05, 3.63) is 50.9 Å². The normalized spacial score (nSPS) is 17.0. The number of hydrogen-bond donors (Lipinski definition) is 2. The smallest absolute Gasteiger partial charge is 0.281 e. The SMILES string of the molecule is CSc1sc(C(=O)N/N=C\c2ccccc2Cl)c2c1[C@@H](O)CCC2. The molecule has 1 amide bonds. The number of thiophene rings is 1. The monoisotopic (exact) mass is 380 g/mol. The molecule has 4 nitrogen and oxygen atoms in total. The van der Waals surface area contributed by atoms with E-state index in [1.54, 1.807) is 17.8 Å². The summed E-state index contributed by atoms with van der Waals surface area (Å²) in [6.07, 6.45) is 5.49. The van der Waals surface area contributed by atoms with Crippen LogP contribution in [0, 0.1) is 0 Å². The number of nitrogens with one attached hydrogen (secondary N) is 1. The van der Waals surface area contributed by atoms with E-state index >= 15 is 0 Å². The van der Waals surface area contributed by atoms with Crippen LogP contribution in [0.3, 0.4) is 0 Å². The van der Waals surface area contributed by atoms with Crippen molar-refractivity contribution < 1.29 is 9.90 Å². The van der Waals surface area contributed by atoms with Crippen molar-refractivity contribution in [3.8, 4) is 0 Å². The van der Waals surface area contributed by atoms with Crippen molar-refractivity contribution in [2.75, 3.05) is 6.26 Å². The molecule has 0 fully saturated rings. The molecule has 1 aromatic heterocycles. The molecule has 7 heteroatoms. The van der Waals surface area contributed by atoms with Crippen LogP contribution in [0.5, 0.6) is 0 Å². The Labute approximate surface area is 153 Å². The number of hydrazone groups is 1. The molecule has 0 unspecified atom stereocenters. The van der Waals surface area contributed by atoms with Gasteiger partial charge in [-0.25, -0.2) is 5.43 Å². The number of thioether (sulfide) groups is 1. The van der Waals surface area contributed by atoms with Gasteiger partial charge in [-0.05, 0) is 37.1 Å². The van der Waals surface area contributed by atoms with E-state index in [2.05, 4.69) is 10.5 Å². The molecule has 0 bridgehead atoms. The van der Waals surface area contributed by atoms with Crippen LogP contribution in [0.4, 0.5) is 0 Å². The Balaban J connectivity index is 1.80. The van der Waals surface area contributed by atoms with Crippen molar-refractivity contribution in [3.63, 3.8) is 0 Å². The third-order valence-corrected chi connectivity index (χ3v) is 6.64. The summed E-state index contributed by atoms with van der Waals surface area (Å²) in [5.74, 6) is -0.242. The average molecular weight is 381 g/mol. The van der Waals surface area contributed by atoms with Crippen LogP contribution in [0.25, 0.3) is 0 Å². The van der Waals surface area contributed by atoms with Crippen molar-refractivity contribution in [2.24, 2.45) is 5.10 Å². The molecule has 0 saturated heterocycles. The van der Waals surface area contributed by atoms with Gasteiger partial charge in [0.1, 0.15) is 0 Å². The molecule has 2 N–H and O–H groups in total. The van der Waals surface area contributed by atoms with Gasteiger partial charge >= 0.3 is 0 Å².